The van der Waals surface area contributed by atoms with Crippen LogP contribution in [0.2, 0.25) is 0 Å². The van der Waals surface area contributed by atoms with E-state index in [1.807, 2.05) is 6.92 Å². The monoisotopic (exact) mass is 251 g/mol. The molecule has 94 valence electrons. The van der Waals surface area contributed by atoms with E-state index in [1.165, 1.54) is 10.4 Å². The molecule has 2 rings (SSSR count). The summed E-state index contributed by atoms with van der Waals surface area (Å²) in [6.45, 7) is 8.17. The first kappa shape index (κ1) is 12.7. The fourth-order valence-corrected chi connectivity index (χ4v) is 3.24. The minimum Gasteiger partial charge on any atom is -0.390 e. The Balaban J connectivity index is 1.91. The second kappa shape index (κ2) is 4.83. The largest absolute Gasteiger partial charge is 0.390 e. The van der Waals surface area contributed by atoms with Gasteiger partial charge in [-0.3, -0.25) is 0 Å². The highest BCUT2D eigenvalue weighted by Gasteiger charge is 2.28. The van der Waals surface area contributed by atoms with Crippen molar-refractivity contribution in [3.05, 3.63) is 28.5 Å². The average molecular weight is 251 g/mol. The lowest BCUT2D eigenvalue weighted by Crippen LogP contribution is -2.38. The molecule has 2 N–H and O–H groups in total. The van der Waals surface area contributed by atoms with Gasteiger partial charge in [-0.25, -0.2) is 0 Å². The molecule has 0 aliphatic heterocycles. The van der Waals surface area contributed by atoms with E-state index in [0.717, 1.165) is 31.4 Å². The second-order valence-electron chi connectivity index (χ2n) is 5.33. The molecule has 1 aliphatic rings. The molecular weight excluding hydrogens is 230 g/mol. The van der Waals surface area contributed by atoms with Gasteiger partial charge in [0.2, 0.25) is 0 Å². The number of rotatable bonds is 3. The zero-order chi connectivity index (χ0) is 12.5. The molecule has 0 saturated heterocycles. The van der Waals surface area contributed by atoms with E-state index < -0.39 is 5.60 Å². The number of aliphatic hydroxyl groups is 1. The van der Waals surface area contributed by atoms with Gasteiger partial charge in [0.15, 0.2) is 0 Å². The maximum atomic E-state index is 9.91. The quantitative estimate of drug-likeness (QED) is 0.864. The molecule has 1 aromatic rings. The summed E-state index contributed by atoms with van der Waals surface area (Å²) in [5, 5.41) is 15.5. The molecule has 1 fully saturated rings. The maximum Gasteiger partial charge on any atom is 0.0621 e. The van der Waals surface area contributed by atoms with Gasteiger partial charge in [-0.2, -0.15) is 0 Å². The second-order valence-corrected chi connectivity index (χ2v) is 6.24. The lowest BCUT2D eigenvalue weighted by atomic mass is 9.83. The molecule has 3 heteroatoms. The molecule has 0 amide bonds. The van der Waals surface area contributed by atoms with Gasteiger partial charge < -0.3 is 10.4 Å². The molecule has 1 saturated carbocycles. The Bertz CT molecular complexity index is 398. The van der Waals surface area contributed by atoms with Crippen molar-refractivity contribution in [3.8, 4) is 0 Å². The van der Waals surface area contributed by atoms with Gasteiger partial charge in [-0.05, 0) is 56.5 Å². The zero-order valence-electron chi connectivity index (χ0n) is 10.6. The van der Waals surface area contributed by atoms with Crippen molar-refractivity contribution in [2.45, 2.75) is 51.2 Å². The Morgan fingerprint density at radius 1 is 1.53 bits per heavy atom. The van der Waals surface area contributed by atoms with E-state index in [4.69, 9.17) is 0 Å². The van der Waals surface area contributed by atoms with E-state index in [9.17, 15) is 5.11 Å². The van der Waals surface area contributed by atoms with Crippen LogP contribution in [0.5, 0.6) is 0 Å². The predicted octanol–water partition coefficient (Wildman–Crippen LogP) is 3.31. The van der Waals surface area contributed by atoms with Crippen LogP contribution >= 0.6 is 11.3 Å². The van der Waals surface area contributed by atoms with Gasteiger partial charge in [-0.15, -0.1) is 11.3 Å². The van der Waals surface area contributed by atoms with Crippen molar-refractivity contribution < 1.29 is 5.11 Å². The first-order valence-electron chi connectivity index (χ1n) is 6.20. The first-order valence-corrected chi connectivity index (χ1v) is 7.08. The van der Waals surface area contributed by atoms with Gasteiger partial charge in [-0.1, -0.05) is 6.58 Å². The molecule has 2 nitrogen and oxygen atoms in total. The molecule has 17 heavy (non-hydrogen) atoms. The van der Waals surface area contributed by atoms with Crippen LogP contribution in [0.15, 0.2) is 18.0 Å². The van der Waals surface area contributed by atoms with Crippen LogP contribution in [0.25, 0.3) is 5.70 Å². The normalized spacial score (nSPS) is 29.0. The molecule has 0 bridgehead atoms. The number of hydrogen-bond acceptors (Lipinski definition) is 3. The summed E-state index contributed by atoms with van der Waals surface area (Å²) in [6.07, 6.45) is 3.80. The maximum absolute atomic E-state index is 9.91. The van der Waals surface area contributed by atoms with Gasteiger partial charge in [0, 0.05) is 11.7 Å². The van der Waals surface area contributed by atoms with E-state index >= 15 is 0 Å². The average Bonchev–Trinajstić information content (AvgIpc) is 2.68. The molecule has 0 aromatic carbocycles. The molecule has 1 aromatic heterocycles. The van der Waals surface area contributed by atoms with E-state index in [-0.39, 0.29) is 0 Å². The van der Waals surface area contributed by atoms with E-state index in [2.05, 4.69) is 30.3 Å². The topological polar surface area (TPSA) is 32.3 Å². The Hall–Kier alpha value is -0.800. The Morgan fingerprint density at radius 2 is 2.18 bits per heavy atom. The SMILES string of the molecule is C=C(NC1CCC(C)(O)CC1)c1sccc1C. The Labute approximate surface area is 107 Å². The minimum absolute atomic E-state index is 0.460. The van der Waals surface area contributed by atoms with Crippen molar-refractivity contribution in [1.29, 1.82) is 0 Å². The molecule has 0 radical (unpaired) electrons. The van der Waals surface area contributed by atoms with Gasteiger partial charge >= 0.3 is 0 Å². The first-order chi connectivity index (χ1) is 7.98. The van der Waals surface area contributed by atoms with Crippen molar-refractivity contribution in [2.24, 2.45) is 0 Å². The Morgan fingerprint density at radius 3 is 2.71 bits per heavy atom. The summed E-state index contributed by atoms with van der Waals surface area (Å²) < 4.78 is 0. The highest BCUT2D eigenvalue weighted by atomic mass is 32.1. The van der Waals surface area contributed by atoms with Crippen LogP contribution in [-0.4, -0.2) is 16.7 Å². The number of hydrogen-bond donors (Lipinski definition) is 2. The van der Waals surface area contributed by atoms with Crippen LogP contribution in [0.4, 0.5) is 0 Å². The van der Waals surface area contributed by atoms with Crippen LogP contribution < -0.4 is 5.32 Å². The van der Waals surface area contributed by atoms with E-state index in [0.29, 0.717) is 6.04 Å². The van der Waals surface area contributed by atoms with Gasteiger partial charge in [0.25, 0.3) is 0 Å². The molecule has 0 spiro atoms. The third kappa shape index (κ3) is 3.11. The highest BCUT2D eigenvalue weighted by Crippen LogP contribution is 2.29. The predicted molar refractivity (Wildman–Crippen MR) is 74.1 cm³/mol. The third-order valence-electron chi connectivity index (χ3n) is 3.58. The van der Waals surface area contributed by atoms with Crippen molar-refractivity contribution in [2.75, 3.05) is 0 Å². The number of thiophene rings is 1. The fraction of sp³-hybridized carbons (Fsp3) is 0.571. The molecule has 0 atom stereocenters. The number of nitrogens with one attached hydrogen (secondary N) is 1. The van der Waals surface area contributed by atoms with Gasteiger partial charge in [0.1, 0.15) is 0 Å². The molecule has 1 heterocycles. The molecular formula is C14H21NOS. The molecule has 1 aliphatic carbocycles. The third-order valence-corrected chi connectivity index (χ3v) is 4.65. The lowest BCUT2D eigenvalue weighted by Gasteiger charge is -2.34. The van der Waals surface area contributed by atoms with E-state index in [1.54, 1.807) is 11.3 Å². The van der Waals surface area contributed by atoms with Crippen molar-refractivity contribution in [1.82, 2.24) is 5.32 Å². The summed E-state index contributed by atoms with van der Waals surface area (Å²) in [5.74, 6) is 0. The lowest BCUT2D eigenvalue weighted by molar-refractivity contribution is 0.0158. The summed E-state index contributed by atoms with van der Waals surface area (Å²) in [5.41, 5.74) is 1.86. The number of aryl methyl sites for hydroxylation is 1. The van der Waals surface area contributed by atoms with Crippen LogP contribution in [0.1, 0.15) is 43.0 Å². The standard InChI is InChI=1S/C14H21NOS/c1-10-6-9-17-13(10)11(2)15-12-4-7-14(3,16)8-5-12/h6,9,12,15-16H,2,4-5,7-8H2,1,3H3. The molecule has 0 unspecified atom stereocenters. The minimum atomic E-state index is -0.460. The zero-order valence-corrected chi connectivity index (χ0v) is 11.4. The summed E-state index contributed by atoms with van der Waals surface area (Å²) in [7, 11) is 0. The van der Waals surface area contributed by atoms with Crippen LogP contribution in [-0.2, 0) is 0 Å². The summed E-state index contributed by atoms with van der Waals surface area (Å²) >= 11 is 1.73. The van der Waals surface area contributed by atoms with Gasteiger partial charge in [0.05, 0.1) is 10.5 Å². The van der Waals surface area contributed by atoms with Crippen molar-refractivity contribution >= 4 is 17.0 Å². The highest BCUT2D eigenvalue weighted by molar-refractivity contribution is 7.11. The van der Waals surface area contributed by atoms with Crippen LogP contribution in [0.3, 0.4) is 0 Å². The fourth-order valence-electron chi connectivity index (χ4n) is 2.38. The van der Waals surface area contributed by atoms with Crippen molar-refractivity contribution in [3.63, 3.8) is 0 Å². The smallest absolute Gasteiger partial charge is 0.0621 e. The summed E-state index contributed by atoms with van der Waals surface area (Å²) in [6, 6.07) is 2.59. The van der Waals surface area contributed by atoms with Crippen LogP contribution in [0, 0.1) is 6.92 Å². The Kier molecular flexibility index (Phi) is 3.59. The summed E-state index contributed by atoms with van der Waals surface area (Å²) in [4.78, 5) is 1.25.